The minimum Gasteiger partial charge on any atom is -0.493 e. The number of halogens is 3. The average Bonchev–Trinajstić information content (AvgIpc) is 3.64. The summed E-state index contributed by atoms with van der Waals surface area (Å²) in [5.41, 5.74) is 1.30. The highest BCUT2D eigenvalue weighted by molar-refractivity contribution is 7.89. The second kappa shape index (κ2) is 11.2. The molecular weight excluding hydrogens is 528 g/mol. The fourth-order valence-corrected chi connectivity index (χ4v) is 5.69. The van der Waals surface area contributed by atoms with E-state index in [1.807, 2.05) is 4.72 Å². The highest BCUT2D eigenvalue weighted by atomic mass is 35.5. The van der Waals surface area contributed by atoms with Gasteiger partial charge < -0.3 is 4.74 Å². The van der Waals surface area contributed by atoms with Gasteiger partial charge in [0.15, 0.2) is 0 Å². The van der Waals surface area contributed by atoms with Gasteiger partial charge >= 0.3 is 0 Å². The van der Waals surface area contributed by atoms with Crippen molar-refractivity contribution in [1.29, 1.82) is 0 Å². The maximum Gasteiger partial charge on any atom is 0.267 e. The number of carbonyl (C=O) groups excluding carboxylic acids is 1. The molecule has 36 heavy (non-hydrogen) atoms. The van der Waals surface area contributed by atoms with Crippen LogP contribution in [0.2, 0.25) is 10.0 Å². The van der Waals surface area contributed by atoms with E-state index in [2.05, 4.69) is 16.8 Å². The number of likely N-dealkylation sites (tertiary alicyclic amines) is 1. The van der Waals surface area contributed by atoms with Gasteiger partial charge in [-0.3, -0.25) is 14.7 Å². The number of carbonyl (C=O) groups is 1. The summed E-state index contributed by atoms with van der Waals surface area (Å²) in [6, 6.07) is 4.47. The number of nitrogens with one attached hydrogen (secondary N) is 1. The molecule has 1 N–H and O–H groups in total. The zero-order valence-electron chi connectivity index (χ0n) is 20.3. The maximum absolute atomic E-state index is 14.7. The summed E-state index contributed by atoms with van der Waals surface area (Å²) in [6.07, 6.45) is 7.03. The molecule has 1 unspecified atom stereocenters. The normalized spacial score (nSPS) is 18.1. The molecule has 0 bridgehead atoms. The van der Waals surface area contributed by atoms with Gasteiger partial charge in [0.05, 0.1) is 40.2 Å². The Labute approximate surface area is 221 Å². The third-order valence-electron chi connectivity index (χ3n) is 6.74. The lowest BCUT2D eigenvalue weighted by Crippen LogP contribution is -2.38. The topological polar surface area (TPSA) is 88.6 Å². The predicted molar refractivity (Wildman–Crippen MR) is 138 cm³/mol. The van der Waals surface area contributed by atoms with E-state index in [4.69, 9.17) is 27.9 Å². The molecule has 1 saturated carbocycles. The first kappa shape index (κ1) is 27.1. The summed E-state index contributed by atoms with van der Waals surface area (Å²) in [5.74, 6) is -0.859. The van der Waals surface area contributed by atoms with Crippen LogP contribution < -0.4 is 9.46 Å². The number of hydrogen-bond donors (Lipinski definition) is 1. The molecular formula is C25H30Cl2FN3O4S. The van der Waals surface area contributed by atoms with Gasteiger partial charge in [-0.25, -0.2) is 17.5 Å². The molecule has 1 amide bonds. The number of aromatic nitrogens is 1. The largest absolute Gasteiger partial charge is 0.493 e. The second-order valence-electron chi connectivity index (χ2n) is 9.58. The lowest BCUT2D eigenvalue weighted by atomic mass is 9.95. The molecule has 1 aliphatic carbocycles. The number of amides is 1. The summed E-state index contributed by atoms with van der Waals surface area (Å²) >= 11 is 12.4. The van der Waals surface area contributed by atoms with Gasteiger partial charge in [-0.05, 0) is 74.7 Å². The second-order valence-corrected chi connectivity index (χ2v) is 12.2. The predicted octanol–water partition coefficient (Wildman–Crippen LogP) is 5.34. The minimum absolute atomic E-state index is 0.109. The van der Waals surface area contributed by atoms with Crippen LogP contribution in [0.15, 0.2) is 24.4 Å². The monoisotopic (exact) mass is 557 g/mol. The molecule has 196 valence electrons. The number of rotatable bonds is 9. The Hall–Kier alpha value is -1.94. The van der Waals surface area contributed by atoms with Crippen molar-refractivity contribution in [2.45, 2.75) is 51.0 Å². The fraction of sp³-hybridized carbons (Fsp3) is 0.520. The molecule has 4 rings (SSSR count). The van der Waals surface area contributed by atoms with E-state index in [-0.39, 0.29) is 17.5 Å². The van der Waals surface area contributed by atoms with Crippen molar-refractivity contribution >= 4 is 39.1 Å². The molecule has 2 heterocycles. The quantitative estimate of drug-likeness (QED) is 0.447. The van der Waals surface area contributed by atoms with Crippen LogP contribution >= 0.6 is 23.2 Å². The van der Waals surface area contributed by atoms with Crippen molar-refractivity contribution < 1.29 is 22.3 Å². The number of ether oxygens (including phenoxy) is 1. The standard InChI is InChI=1S/C25H30Cl2FN3O4S/c1-3-22(24-20(27)10-17(26)13-29-24)31-8-6-15(7-9-31)14-35-23-12-21(28)19(11-18(23)16-4-5-16)25(32)30-36(2,33)34/h10-13,15-16,22H,3-9,14H2,1-2H3,(H,30,32). The number of hydrogen-bond acceptors (Lipinski definition) is 6. The van der Waals surface area contributed by atoms with E-state index in [0.717, 1.165) is 62.7 Å². The third kappa shape index (κ3) is 6.68. The summed E-state index contributed by atoms with van der Waals surface area (Å²) in [6.45, 7) is 4.28. The van der Waals surface area contributed by atoms with Gasteiger partial charge in [-0.2, -0.15) is 0 Å². The molecule has 2 aromatic rings. The van der Waals surface area contributed by atoms with Crippen LogP contribution in [0.25, 0.3) is 0 Å². The third-order valence-corrected chi connectivity index (χ3v) is 7.81. The van der Waals surface area contributed by atoms with Gasteiger partial charge in [0.25, 0.3) is 5.91 Å². The van der Waals surface area contributed by atoms with Crippen LogP contribution in [0.4, 0.5) is 4.39 Å². The number of piperidine rings is 1. The zero-order valence-corrected chi connectivity index (χ0v) is 22.6. The molecule has 2 aliphatic rings. The van der Waals surface area contributed by atoms with Gasteiger partial charge in [0.2, 0.25) is 10.0 Å². The first-order valence-electron chi connectivity index (χ1n) is 12.1. The molecule has 0 radical (unpaired) electrons. The smallest absolute Gasteiger partial charge is 0.267 e. The van der Waals surface area contributed by atoms with E-state index < -0.39 is 21.7 Å². The van der Waals surface area contributed by atoms with Crippen LogP contribution in [0.3, 0.4) is 0 Å². The SMILES string of the molecule is CCC(c1ncc(Cl)cc1Cl)N1CCC(COc2cc(F)c(C(=O)NS(C)(=O)=O)cc2C2CC2)CC1. The van der Waals surface area contributed by atoms with Crippen LogP contribution in [-0.4, -0.2) is 50.2 Å². The highest BCUT2D eigenvalue weighted by Crippen LogP contribution is 2.45. The van der Waals surface area contributed by atoms with E-state index in [1.165, 1.54) is 12.1 Å². The van der Waals surface area contributed by atoms with Gasteiger partial charge in [0, 0.05) is 12.3 Å². The Morgan fingerprint density at radius 2 is 1.92 bits per heavy atom. The minimum atomic E-state index is -3.79. The van der Waals surface area contributed by atoms with Gasteiger partial charge in [-0.1, -0.05) is 30.1 Å². The number of nitrogens with zero attached hydrogens (tertiary/aromatic N) is 2. The Balaban J connectivity index is 1.39. The molecule has 1 aliphatic heterocycles. The van der Waals surface area contributed by atoms with Crippen molar-refractivity contribution in [3.05, 3.63) is 57.1 Å². The number of sulfonamides is 1. The molecule has 1 aromatic heterocycles. The van der Waals surface area contributed by atoms with E-state index in [0.29, 0.717) is 28.3 Å². The van der Waals surface area contributed by atoms with E-state index >= 15 is 0 Å². The summed E-state index contributed by atoms with van der Waals surface area (Å²) in [7, 11) is -3.79. The molecule has 7 nitrogen and oxygen atoms in total. The van der Waals surface area contributed by atoms with Crippen molar-refractivity contribution in [2.75, 3.05) is 26.0 Å². The number of benzene rings is 1. The summed E-state index contributed by atoms with van der Waals surface area (Å²) < 4.78 is 45.4. The van der Waals surface area contributed by atoms with E-state index in [1.54, 1.807) is 12.3 Å². The lowest BCUT2D eigenvalue weighted by molar-refractivity contribution is 0.0976. The lowest BCUT2D eigenvalue weighted by Gasteiger charge is -2.37. The zero-order chi connectivity index (χ0) is 26.0. The van der Waals surface area contributed by atoms with Gasteiger partial charge in [-0.15, -0.1) is 0 Å². The maximum atomic E-state index is 14.7. The first-order chi connectivity index (χ1) is 17.1. The fourth-order valence-electron chi connectivity index (χ4n) is 4.74. The summed E-state index contributed by atoms with van der Waals surface area (Å²) in [4.78, 5) is 19.1. The van der Waals surface area contributed by atoms with Crippen LogP contribution in [-0.2, 0) is 10.0 Å². The van der Waals surface area contributed by atoms with Crippen molar-refractivity contribution in [3.8, 4) is 5.75 Å². The molecule has 11 heteroatoms. The summed E-state index contributed by atoms with van der Waals surface area (Å²) in [5, 5.41) is 1.09. The molecule has 1 aromatic carbocycles. The Kier molecular flexibility index (Phi) is 8.44. The first-order valence-corrected chi connectivity index (χ1v) is 14.7. The molecule has 2 fully saturated rings. The van der Waals surface area contributed by atoms with Crippen LogP contribution in [0.1, 0.15) is 72.6 Å². The van der Waals surface area contributed by atoms with Gasteiger partial charge in [0.1, 0.15) is 11.6 Å². The van der Waals surface area contributed by atoms with Crippen molar-refractivity contribution in [1.82, 2.24) is 14.6 Å². The Morgan fingerprint density at radius 3 is 2.50 bits per heavy atom. The van der Waals surface area contributed by atoms with Crippen LogP contribution in [0.5, 0.6) is 5.75 Å². The van der Waals surface area contributed by atoms with Crippen molar-refractivity contribution in [2.24, 2.45) is 5.92 Å². The highest BCUT2D eigenvalue weighted by Gasteiger charge is 2.31. The van der Waals surface area contributed by atoms with E-state index in [9.17, 15) is 17.6 Å². The molecule has 0 spiro atoms. The molecule has 1 saturated heterocycles. The van der Waals surface area contributed by atoms with Crippen LogP contribution in [0, 0.1) is 11.7 Å². The Morgan fingerprint density at radius 1 is 1.22 bits per heavy atom. The Bertz CT molecular complexity index is 1230. The van der Waals surface area contributed by atoms with Crippen molar-refractivity contribution in [3.63, 3.8) is 0 Å². The number of pyridine rings is 1. The molecule has 1 atom stereocenters. The average molecular weight is 559 g/mol.